The number of hydrogen-bond acceptors (Lipinski definition) is 1. The summed E-state index contributed by atoms with van der Waals surface area (Å²) < 4.78 is 0. The Kier molecular flexibility index (Phi) is 3.71. The molecule has 88 valence electrons. The van der Waals surface area contributed by atoms with E-state index in [4.69, 9.17) is 0 Å². The van der Waals surface area contributed by atoms with E-state index in [1.807, 2.05) is 0 Å². The van der Waals surface area contributed by atoms with Crippen molar-refractivity contribution in [1.29, 1.82) is 0 Å². The molecule has 2 rings (SSSR count). The second kappa shape index (κ2) is 4.86. The van der Waals surface area contributed by atoms with Crippen LogP contribution in [0.4, 0.5) is 0 Å². The molecule has 0 aromatic carbocycles. The molecule has 1 nitrogen and oxygen atoms in total. The molecule has 2 bridgehead atoms. The van der Waals surface area contributed by atoms with Crippen LogP contribution < -0.4 is 5.32 Å². The van der Waals surface area contributed by atoms with E-state index in [1.54, 1.807) is 6.42 Å². The van der Waals surface area contributed by atoms with Crippen LogP contribution >= 0.6 is 0 Å². The number of fused-ring (bicyclic) bond motifs is 2. The molecule has 1 heteroatoms. The molecule has 0 aromatic heterocycles. The van der Waals surface area contributed by atoms with Crippen LogP contribution in [0.3, 0.4) is 0 Å². The van der Waals surface area contributed by atoms with Gasteiger partial charge in [0.1, 0.15) is 0 Å². The van der Waals surface area contributed by atoms with Crippen molar-refractivity contribution in [2.45, 2.75) is 58.9 Å². The molecule has 0 aliphatic heterocycles. The van der Waals surface area contributed by atoms with Gasteiger partial charge in [0, 0.05) is 6.04 Å². The molecule has 2 saturated carbocycles. The van der Waals surface area contributed by atoms with Crippen molar-refractivity contribution in [3.8, 4) is 0 Å². The zero-order valence-corrected chi connectivity index (χ0v) is 10.6. The van der Waals surface area contributed by atoms with Gasteiger partial charge in [-0.05, 0) is 56.4 Å². The summed E-state index contributed by atoms with van der Waals surface area (Å²) in [4.78, 5) is 0. The molecule has 5 unspecified atom stereocenters. The summed E-state index contributed by atoms with van der Waals surface area (Å²) in [5.74, 6) is 4.01. The lowest BCUT2D eigenvalue weighted by atomic mass is 9.88. The highest BCUT2D eigenvalue weighted by molar-refractivity contribution is 4.91. The monoisotopic (exact) mass is 209 g/mol. The Bertz CT molecular complexity index is 202. The third-order valence-corrected chi connectivity index (χ3v) is 5.08. The Labute approximate surface area is 95.0 Å². The van der Waals surface area contributed by atoms with Crippen molar-refractivity contribution in [3.05, 3.63) is 0 Å². The first kappa shape index (κ1) is 11.4. The van der Waals surface area contributed by atoms with Gasteiger partial charge in [-0.3, -0.25) is 0 Å². The third-order valence-electron chi connectivity index (χ3n) is 5.08. The van der Waals surface area contributed by atoms with Crippen LogP contribution in [0.25, 0.3) is 0 Å². The van der Waals surface area contributed by atoms with Crippen LogP contribution in [0.2, 0.25) is 0 Å². The fourth-order valence-electron chi connectivity index (χ4n) is 3.52. The topological polar surface area (TPSA) is 12.0 Å². The van der Waals surface area contributed by atoms with E-state index in [0.29, 0.717) is 6.04 Å². The number of hydrogen-bond donors (Lipinski definition) is 1. The van der Waals surface area contributed by atoms with E-state index in [2.05, 4.69) is 26.1 Å². The van der Waals surface area contributed by atoms with Gasteiger partial charge < -0.3 is 5.32 Å². The van der Waals surface area contributed by atoms with Crippen molar-refractivity contribution < 1.29 is 0 Å². The molecular formula is C14H27N. The summed E-state index contributed by atoms with van der Waals surface area (Å²) in [5.41, 5.74) is 0. The highest BCUT2D eigenvalue weighted by atomic mass is 14.9. The second-order valence-electron chi connectivity index (χ2n) is 6.02. The Morgan fingerprint density at radius 2 is 2.00 bits per heavy atom. The number of nitrogens with one attached hydrogen (secondary N) is 1. The maximum Gasteiger partial charge on any atom is 0.00643 e. The molecule has 0 heterocycles. The molecule has 2 aliphatic carbocycles. The average molecular weight is 209 g/mol. The standard InChI is InChI=1S/C14H27N/c1-4-10(2)11(3)15-9-14-8-12-5-6-13(14)7-12/h10-15H,4-9H2,1-3H3. The fraction of sp³-hybridized carbons (Fsp3) is 1.00. The first-order chi connectivity index (χ1) is 7.20. The van der Waals surface area contributed by atoms with Crippen molar-refractivity contribution in [2.24, 2.45) is 23.7 Å². The Hall–Kier alpha value is -0.0400. The molecule has 0 aromatic rings. The lowest BCUT2D eigenvalue weighted by Crippen LogP contribution is -2.36. The van der Waals surface area contributed by atoms with Gasteiger partial charge in [0.2, 0.25) is 0 Å². The molecule has 5 atom stereocenters. The van der Waals surface area contributed by atoms with Crippen molar-refractivity contribution >= 4 is 0 Å². The van der Waals surface area contributed by atoms with Crippen molar-refractivity contribution in [3.63, 3.8) is 0 Å². The van der Waals surface area contributed by atoms with Gasteiger partial charge in [0.25, 0.3) is 0 Å². The van der Waals surface area contributed by atoms with E-state index in [-0.39, 0.29) is 0 Å². The summed E-state index contributed by atoms with van der Waals surface area (Å²) in [6, 6.07) is 0.703. The third kappa shape index (κ3) is 2.55. The molecule has 2 aliphatic rings. The zero-order chi connectivity index (χ0) is 10.8. The molecule has 0 spiro atoms. The minimum atomic E-state index is 0.703. The van der Waals surface area contributed by atoms with Crippen LogP contribution in [0.1, 0.15) is 52.9 Å². The maximum atomic E-state index is 3.76. The molecule has 0 saturated heterocycles. The first-order valence-corrected chi connectivity index (χ1v) is 6.94. The molecule has 15 heavy (non-hydrogen) atoms. The summed E-state index contributed by atoms with van der Waals surface area (Å²) in [5, 5.41) is 3.76. The normalized spacial score (nSPS) is 38.2. The van der Waals surface area contributed by atoms with Gasteiger partial charge in [0.15, 0.2) is 0 Å². The molecule has 2 fully saturated rings. The van der Waals surface area contributed by atoms with Crippen molar-refractivity contribution in [1.82, 2.24) is 5.32 Å². The van der Waals surface area contributed by atoms with Crippen molar-refractivity contribution in [2.75, 3.05) is 6.54 Å². The maximum absolute atomic E-state index is 3.76. The van der Waals surface area contributed by atoms with E-state index < -0.39 is 0 Å². The summed E-state index contributed by atoms with van der Waals surface area (Å²) in [6.45, 7) is 8.28. The number of rotatable bonds is 5. The summed E-state index contributed by atoms with van der Waals surface area (Å²) in [6.07, 6.45) is 7.41. The minimum Gasteiger partial charge on any atom is -0.314 e. The predicted octanol–water partition coefficient (Wildman–Crippen LogP) is 3.45. The van der Waals surface area contributed by atoms with E-state index in [0.717, 1.165) is 23.7 Å². The highest BCUT2D eigenvalue weighted by Gasteiger charge is 2.39. The van der Waals surface area contributed by atoms with Gasteiger partial charge in [0.05, 0.1) is 0 Å². The quantitative estimate of drug-likeness (QED) is 0.731. The fourth-order valence-corrected chi connectivity index (χ4v) is 3.52. The van der Waals surface area contributed by atoms with Gasteiger partial charge >= 0.3 is 0 Å². The SMILES string of the molecule is CCC(C)C(C)NCC1CC2CCC1C2. The van der Waals surface area contributed by atoms with E-state index in [9.17, 15) is 0 Å². The molecule has 1 N–H and O–H groups in total. The lowest BCUT2D eigenvalue weighted by molar-refractivity contribution is 0.288. The zero-order valence-electron chi connectivity index (χ0n) is 10.6. The van der Waals surface area contributed by atoms with E-state index >= 15 is 0 Å². The van der Waals surface area contributed by atoms with Crippen LogP contribution in [-0.2, 0) is 0 Å². The highest BCUT2D eigenvalue weighted by Crippen LogP contribution is 2.47. The van der Waals surface area contributed by atoms with E-state index in [1.165, 1.54) is 32.2 Å². The predicted molar refractivity (Wildman–Crippen MR) is 65.9 cm³/mol. The first-order valence-electron chi connectivity index (χ1n) is 6.94. The van der Waals surface area contributed by atoms with Crippen LogP contribution in [0.15, 0.2) is 0 Å². The van der Waals surface area contributed by atoms with Gasteiger partial charge in [-0.15, -0.1) is 0 Å². The van der Waals surface area contributed by atoms with Gasteiger partial charge in [-0.1, -0.05) is 26.7 Å². The Morgan fingerprint density at radius 3 is 2.53 bits per heavy atom. The molecule has 0 amide bonds. The smallest absolute Gasteiger partial charge is 0.00643 e. The van der Waals surface area contributed by atoms with Gasteiger partial charge in [-0.25, -0.2) is 0 Å². The average Bonchev–Trinajstić information content (AvgIpc) is 2.86. The molecule has 0 radical (unpaired) electrons. The Morgan fingerprint density at radius 1 is 1.20 bits per heavy atom. The van der Waals surface area contributed by atoms with Crippen LogP contribution in [0.5, 0.6) is 0 Å². The van der Waals surface area contributed by atoms with Gasteiger partial charge in [-0.2, -0.15) is 0 Å². The van der Waals surface area contributed by atoms with Crippen LogP contribution in [-0.4, -0.2) is 12.6 Å². The summed E-state index contributed by atoms with van der Waals surface area (Å²) in [7, 11) is 0. The molecular weight excluding hydrogens is 182 g/mol. The summed E-state index contributed by atoms with van der Waals surface area (Å²) >= 11 is 0. The Balaban J connectivity index is 1.70. The minimum absolute atomic E-state index is 0.703. The largest absolute Gasteiger partial charge is 0.314 e. The lowest BCUT2D eigenvalue weighted by Gasteiger charge is -2.26. The van der Waals surface area contributed by atoms with Crippen LogP contribution in [0, 0.1) is 23.7 Å². The second-order valence-corrected chi connectivity index (χ2v) is 6.02.